The second-order valence-electron chi connectivity index (χ2n) is 5.19. The number of carbonyl (C=O) groups is 2. The number of halogens is 1. The second-order valence-corrected chi connectivity index (χ2v) is 5.19. The minimum atomic E-state index is -1.19. The largest absolute Gasteiger partial charge is 0.494 e. The van der Waals surface area contributed by atoms with Gasteiger partial charge in [0, 0.05) is 6.07 Å². The van der Waals surface area contributed by atoms with Gasteiger partial charge in [0.1, 0.15) is 11.6 Å². The Balaban J connectivity index is 2.07. The number of ether oxygens (including phenoxy) is 2. The molecule has 1 amide bonds. The molecule has 0 aliphatic rings. The molecule has 0 aromatic heterocycles. The predicted molar refractivity (Wildman–Crippen MR) is 89.6 cm³/mol. The van der Waals surface area contributed by atoms with Gasteiger partial charge in [-0.15, -0.1) is 0 Å². The predicted octanol–water partition coefficient (Wildman–Crippen LogP) is 2.93. The maximum absolute atomic E-state index is 13.1. The summed E-state index contributed by atoms with van der Waals surface area (Å²) in [6.07, 6.45) is -1.19. The van der Waals surface area contributed by atoms with Crippen molar-refractivity contribution in [1.29, 1.82) is 0 Å². The first kappa shape index (κ1) is 18.8. The van der Waals surface area contributed by atoms with E-state index in [0.29, 0.717) is 0 Å². The quantitative estimate of drug-likeness (QED) is 0.481. The van der Waals surface area contributed by atoms with Crippen molar-refractivity contribution in [3.63, 3.8) is 0 Å². The van der Waals surface area contributed by atoms with E-state index in [1.807, 2.05) is 0 Å². The van der Waals surface area contributed by atoms with E-state index in [2.05, 4.69) is 5.32 Å². The second kappa shape index (κ2) is 8.06. The maximum atomic E-state index is 13.1. The van der Waals surface area contributed by atoms with Crippen molar-refractivity contribution in [2.24, 2.45) is 0 Å². The Hall–Kier alpha value is -3.49. The third kappa shape index (κ3) is 4.53. The first-order valence-electron chi connectivity index (χ1n) is 7.41. The molecule has 8 nitrogen and oxygen atoms in total. The maximum Gasteiger partial charge on any atom is 0.339 e. The van der Waals surface area contributed by atoms with Gasteiger partial charge in [-0.1, -0.05) is 6.07 Å². The molecule has 2 rings (SSSR count). The summed E-state index contributed by atoms with van der Waals surface area (Å²) in [7, 11) is 1.29. The molecular formula is C17H15FN2O6. The first-order chi connectivity index (χ1) is 12.3. The summed E-state index contributed by atoms with van der Waals surface area (Å²) in [6, 6.07) is 8.52. The molecule has 0 bridgehead atoms. The molecule has 26 heavy (non-hydrogen) atoms. The number of esters is 1. The van der Waals surface area contributed by atoms with E-state index >= 15 is 0 Å². The van der Waals surface area contributed by atoms with Crippen LogP contribution in [0.5, 0.6) is 5.75 Å². The summed E-state index contributed by atoms with van der Waals surface area (Å²) in [5.74, 6) is -2.06. The van der Waals surface area contributed by atoms with Gasteiger partial charge in [0.05, 0.1) is 29.4 Å². The van der Waals surface area contributed by atoms with Crippen LogP contribution in [-0.4, -0.2) is 30.0 Å². The van der Waals surface area contributed by atoms with E-state index in [1.165, 1.54) is 44.4 Å². The summed E-state index contributed by atoms with van der Waals surface area (Å²) in [5.41, 5.74) is -0.0558. The van der Waals surface area contributed by atoms with E-state index in [1.54, 1.807) is 0 Å². The van der Waals surface area contributed by atoms with E-state index < -0.39 is 28.7 Å². The normalized spacial score (nSPS) is 11.3. The Morgan fingerprint density at radius 3 is 2.58 bits per heavy atom. The molecule has 9 heteroatoms. The lowest BCUT2D eigenvalue weighted by Gasteiger charge is -2.15. The van der Waals surface area contributed by atoms with Crippen LogP contribution in [-0.2, 0) is 9.53 Å². The Morgan fingerprint density at radius 1 is 1.23 bits per heavy atom. The number of non-ortho nitro benzene ring substituents is 1. The number of nitrogens with zero attached hydrogens (tertiary/aromatic N) is 1. The van der Waals surface area contributed by atoms with Gasteiger partial charge >= 0.3 is 5.97 Å². The molecule has 0 aliphatic heterocycles. The fourth-order valence-electron chi connectivity index (χ4n) is 2.03. The van der Waals surface area contributed by atoms with Gasteiger partial charge in [-0.05, 0) is 31.2 Å². The number of carbonyl (C=O) groups excluding carboxylic acids is 2. The van der Waals surface area contributed by atoms with E-state index in [4.69, 9.17) is 9.47 Å². The molecule has 2 aromatic carbocycles. The van der Waals surface area contributed by atoms with E-state index in [9.17, 15) is 24.1 Å². The number of hydrogen-bond donors (Lipinski definition) is 1. The molecule has 1 atom stereocenters. The van der Waals surface area contributed by atoms with Crippen LogP contribution in [0.3, 0.4) is 0 Å². The van der Waals surface area contributed by atoms with Crippen LogP contribution in [0.25, 0.3) is 0 Å². The third-order valence-corrected chi connectivity index (χ3v) is 3.37. The topological polar surface area (TPSA) is 108 Å². The minimum Gasteiger partial charge on any atom is -0.494 e. The number of amides is 1. The summed E-state index contributed by atoms with van der Waals surface area (Å²) in [4.78, 5) is 34.3. The molecule has 0 fully saturated rings. The number of anilines is 1. The highest BCUT2D eigenvalue weighted by atomic mass is 19.1. The number of benzene rings is 2. The van der Waals surface area contributed by atoms with E-state index in [-0.39, 0.29) is 22.7 Å². The van der Waals surface area contributed by atoms with Gasteiger partial charge in [-0.2, -0.15) is 0 Å². The monoisotopic (exact) mass is 362 g/mol. The van der Waals surface area contributed by atoms with Crippen LogP contribution >= 0.6 is 0 Å². The summed E-state index contributed by atoms with van der Waals surface area (Å²) in [5, 5.41) is 13.2. The average molecular weight is 362 g/mol. The van der Waals surface area contributed by atoms with Crippen molar-refractivity contribution in [2.45, 2.75) is 13.0 Å². The number of nitrogens with one attached hydrogen (secondary N) is 1. The molecule has 2 aromatic rings. The zero-order valence-electron chi connectivity index (χ0n) is 13.9. The smallest absolute Gasteiger partial charge is 0.339 e. The number of nitro benzene ring substituents is 1. The molecule has 0 aliphatic carbocycles. The number of methoxy groups -OCH3 is 1. The van der Waals surface area contributed by atoms with Crippen LogP contribution in [0.2, 0.25) is 0 Å². The Kier molecular flexibility index (Phi) is 5.84. The van der Waals surface area contributed by atoms with Gasteiger partial charge in [-0.25, -0.2) is 9.18 Å². The van der Waals surface area contributed by atoms with Gasteiger partial charge in [0.15, 0.2) is 6.10 Å². The molecule has 136 valence electrons. The molecule has 1 N–H and O–H groups in total. The van der Waals surface area contributed by atoms with Gasteiger partial charge < -0.3 is 14.8 Å². The van der Waals surface area contributed by atoms with E-state index in [0.717, 1.165) is 12.1 Å². The van der Waals surface area contributed by atoms with Crippen molar-refractivity contribution in [2.75, 3.05) is 12.4 Å². The molecule has 0 spiro atoms. The van der Waals surface area contributed by atoms with Crippen LogP contribution in [0.15, 0.2) is 42.5 Å². The zero-order chi connectivity index (χ0) is 19.3. The number of nitro groups is 1. The van der Waals surface area contributed by atoms with Gasteiger partial charge in [0.2, 0.25) is 0 Å². The SMILES string of the molecule is COc1cc([N+](=O)[O-])ccc1NC(=O)[C@@H](C)OC(=O)c1cccc(F)c1. The fraction of sp³-hybridized carbons (Fsp3) is 0.176. The van der Waals surface area contributed by atoms with Crippen molar-refractivity contribution in [3.8, 4) is 5.75 Å². The standard InChI is InChI=1S/C17H15FN2O6/c1-10(26-17(22)11-4-3-5-12(18)8-11)16(21)19-14-7-6-13(20(23)24)9-15(14)25-2/h3-10H,1-2H3,(H,19,21)/t10-/m1/s1. The lowest BCUT2D eigenvalue weighted by molar-refractivity contribution is -0.384. The summed E-state index contributed by atoms with van der Waals surface area (Å²) >= 11 is 0. The molecule has 0 heterocycles. The van der Waals surface area contributed by atoms with Gasteiger partial charge in [0.25, 0.3) is 11.6 Å². The highest BCUT2D eigenvalue weighted by Gasteiger charge is 2.21. The highest BCUT2D eigenvalue weighted by Crippen LogP contribution is 2.29. The van der Waals surface area contributed by atoms with Crippen LogP contribution < -0.4 is 10.1 Å². The third-order valence-electron chi connectivity index (χ3n) is 3.37. The zero-order valence-corrected chi connectivity index (χ0v) is 13.9. The molecule has 0 unspecified atom stereocenters. The Labute approximate surface area is 147 Å². The minimum absolute atomic E-state index is 0.0300. The average Bonchev–Trinajstić information content (AvgIpc) is 2.61. The Morgan fingerprint density at radius 2 is 1.96 bits per heavy atom. The lowest BCUT2D eigenvalue weighted by Crippen LogP contribution is -2.30. The summed E-state index contributed by atoms with van der Waals surface area (Å²) < 4.78 is 23.1. The van der Waals surface area contributed by atoms with Crippen molar-refractivity contribution in [1.82, 2.24) is 0 Å². The van der Waals surface area contributed by atoms with Crippen LogP contribution in [0, 0.1) is 15.9 Å². The Bertz CT molecular complexity index is 855. The number of hydrogen-bond acceptors (Lipinski definition) is 6. The van der Waals surface area contributed by atoms with Crippen molar-refractivity contribution >= 4 is 23.3 Å². The van der Waals surface area contributed by atoms with Crippen molar-refractivity contribution < 1.29 is 28.4 Å². The van der Waals surface area contributed by atoms with Crippen LogP contribution in [0.1, 0.15) is 17.3 Å². The first-order valence-corrected chi connectivity index (χ1v) is 7.41. The molecule has 0 saturated carbocycles. The highest BCUT2D eigenvalue weighted by molar-refractivity contribution is 5.98. The van der Waals surface area contributed by atoms with Crippen molar-refractivity contribution in [3.05, 3.63) is 64.0 Å². The lowest BCUT2D eigenvalue weighted by atomic mass is 10.2. The van der Waals surface area contributed by atoms with Crippen LogP contribution in [0.4, 0.5) is 15.8 Å². The molecule has 0 saturated heterocycles. The summed E-state index contributed by atoms with van der Waals surface area (Å²) in [6.45, 7) is 1.34. The molecule has 0 radical (unpaired) electrons. The van der Waals surface area contributed by atoms with Gasteiger partial charge in [-0.3, -0.25) is 14.9 Å². The number of rotatable bonds is 6. The molecular weight excluding hydrogens is 347 g/mol. The fourth-order valence-corrected chi connectivity index (χ4v) is 2.03.